The molecule has 1 aliphatic rings. The monoisotopic (exact) mass is 301 g/mol. The van der Waals surface area contributed by atoms with Crippen LogP contribution in [-0.4, -0.2) is 23.3 Å². The molecule has 0 radical (unpaired) electrons. The Morgan fingerprint density at radius 2 is 1.77 bits per heavy atom. The van der Waals surface area contributed by atoms with Gasteiger partial charge in [-0.25, -0.2) is 0 Å². The minimum Gasteiger partial charge on any atom is -0.489 e. The molecule has 22 heavy (non-hydrogen) atoms. The van der Waals surface area contributed by atoms with Gasteiger partial charge >= 0.3 is 7.12 Å². The Morgan fingerprint density at radius 1 is 1.18 bits per heavy atom. The van der Waals surface area contributed by atoms with Crippen LogP contribution in [0.5, 0.6) is 5.75 Å². The minimum absolute atomic E-state index is 0.0655. The average Bonchev–Trinajstić information content (AvgIpc) is 2.35. The normalized spacial score (nSPS) is 20.2. The van der Waals surface area contributed by atoms with Gasteiger partial charge in [-0.3, -0.25) is 0 Å². The molecule has 1 aromatic rings. The van der Waals surface area contributed by atoms with Crippen molar-refractivity contribution < 1.29 is 14.8 Å². The van der Waals surface area contributed by atoms with Crippen LogP contribution in [-0.2, 0) is 0 Å². The highest BCUT2D eigenvalue weighted by atomic mass is 16.5. The van der Waals surface area contributed by atoms with E-state index in [1.165, 1.54) is 6.07 Å². The molecule has 0 aliphatic heterocycles. The fraction of sp³-hybridized carbons (Fsp3) is 0.588. The lowest BCUT2D eigenvalue weighted by atomic mass is 9.64. The van der Waals surface area contributed by atoms with Crippen LogP contribution < -0.4 is 10.2 Å². The average molecular weight is 301 g/mol. The Morgan fingerprint density at radius 3 is 2.27 bits per heavy atom. The molecule has 0 bridgehead atoms. The lowest BCUT2D eigenvalue weighted by molar-refractivity contribution is 0.0132. The summed E-state index contributed by atoms with van der Waals surface area (Å²) in [5, 5.41) is 27.7. The van der Waals surface area contributed by atoms with Crippen LogP contribution in [0.3, 0.4) is 0 Å². The largest absolute Gasteiger partial charge is 0.489 e. The molecule has 0 amide bonds. The second-order valence-corrected chi connectivity index (χ2v) is 7.89. The van der Waals surface area contributed by atoms with Crippen LogP contribution in [0.1, 0.15) is 52.5 Å². The number of ether oxygens (including phenoxy) is 1. The number of benzene rings is 1. The molecule has 0 unspecified atom stereocenters. The van der Waals surface area contributed by atoms with E-state index in [-0.39, 0.29) is 16.9 Å². The maximum atomic E-state index is 9.27. The third kappa shape index (κ3) is 4.03. The van der Waals surface area contributed by atoms with Crippen LogP contribution >= 0.6 is 0 Å². The van der Waals surface area contributed by atoms with Gasteiger partial charge in [-0.15, -0.1) is 0 Å². The second kappa shape index (κ2) is 5.94. The molecule has 2 rings (SSSR count). The number of hydrogen-bond donors (Lipinski definition) is 2. The molecular weight excluding hydrogens is 277 g/mol. The van der Waals surface area contributed by atoms with Gasteiger partial charge in [-0.2, -0.15) is 5.26 Å². The lowest BCUT2D eigenvalue weighted by Gasteiger charge is -2.44. The van der Waals surface area contributed by atoms with Gasteiger partial charge in [-0.1, -0.05) is 33.8 Å². The predicted molar refractivity (Wildman–Crippen MR) is 86.8 cm³/mol. The number of hydrogen-bond acceptors (Lipinski definition) is 4. The second-order valence-electron chi connectivity index (χ2n) is 7.89. The summed E-state index contributed by atoms with van der Waals surface area (Å²) < 4.78 is 6.10. The number of rotatable bonds is 3. The molecule has 1 aliphatic carbocycles. The topological polar surface area (TPSA) is 73.5 Å². The molecule has 1 fully saturated rings. The van der Waals surface area contributed by atoms with Crippen LogP contribution in [0.15, 0.2) is 18.2 Å². The summed E-state index contributed by atoms with van der Waals surface area (Å²) in [5.41, 5.74) is 1.06. The summed E-state index contributed by atoms with van der Waals surface area (Å²) in [5.74, 6) is 0.519. The van der Waals surface area contributed by atoms with Crippen molar-refractivity contribution >= 4 is 12.6 Å². The molecule has 1 saturated carbocycles. The van der Waals surface area contributed by atoms with E-state index in [1.807, 2.05) is 0 Å². The van der Waals surface area contributed by atoms with Gasteiger partial charge in [0, 0.05) is 0 Å². The molecule has 118 valence electrons. The summed E-state index contributed by atoms with van der Waals surface area (Å²) >= 11 is 0. The van der Waals surface area contributed by atoms with E-state index < -0.39 is 7.12 Å². The zero-order valence-electron chi connectivity index (χ0n) is 13.8. The fourth-order valence-electron chi connectivity index (χ4n) is 3.91. The number of nitrogens with zero attached hydrogens (tertiary/aromatic N) is 1. The van der Waals surface area contributed by atoms with Gasteiger partial charge in [-0.05, 0) is 47.7 Å². The SMILES string of the molecule is CC1(C)CC(Oc2ccc(B(O)O)cc2C#N)CC(C)(C)C1. The van der Waals surface area contributed by atoms with E-state index in [0.29, 0.717) is 16.8 Å². The summed E-state index contributed by atoms with van der Waals surface area (Å²) in [6.45, 7) is 9.00. The molecule has 0 heterocycles. The molecule has 0 atom stereocenters. The molecule has 0 saturated heterocycles. The summed E-state index contributed by atoms with van der Waals surface area (Å²) in [7, 11) is -1.58. The van der Waals surface area contributed by atoms with Crippen LogP contribution in [0.2, 0.25) is 0 Å². The maximum absolute atomic E-state index is 9.27. The first-order valence-corrected chi connectivity index (χ1v) is 7.69. The van der Waals surface area contributed by atoms with E-state index in [1.54, 1.807) is 12.1 Å². The van der Waals surface area contributed by atoms with Crippen molar-refractivity contribution in [1.29, 1.82) is 5.26 Å². The molecule has 4 nitrogen and oxygen atoms in total. The lowest BCUT2D eigenvalue weighted by Crippen LogP contribution is -2.39. The van der Waals surface area contributed by atoms with Crippen molar-refractivity contribution in [3.05, 3.63) is 23.8 Å². The first-order valence-electron chi connectivity index (χ1n) is 7.69. The Labute approximate surface area is 132 Å². The van der Waals surface area contributed by atoms with Gasteiger partial charge < -0.3 is 14.8 Å². The van der Waals surface area contributed by atoms with Gasteiger partial charge in [0.1, 0.15) is 11.8 Å². The van der Waals surface area contributed by atoms with Crippen molar-refractivity contribution in [1.82, 2.24) is 0 Å². The molecule has 0 aromatic heterocycles. The highest BCUT2D eigenvalue weighted by molar-refractivity contribution is 6.58. The van der Waals surface area contributed by atoms with Crippen molar-refractivity contribution in [3.63, 3.8) is 0 Å². The standard InChI is InChI=1S/C17H24BNO3/c1-16(2)8-14(9-17(3,4)11-16)22-15-6-5-13(18(20)21)7-12(15)10-19/h5-7,14,20-21H,8-9,11H2,1-4H3. The van der Waals surface area contributed by atoms with E-state index in [9.17, 15) is 15.3 Å². The number of nitriles is 1. The first-order chi connectivity index (χ1) is 10.1. The maximum Gasteiger partial charge on any atom is 0.488 e. The Bertz CT molecular complexity index is 574. The Kier molecular flexibility index (Phi) is 4.55. The molecule has 0 spiro atoms. The van der Waals surface area contributed by atoms with E-state index in [0.717, 1.165) is 19.3 Å². The van der Waals surface area contributed by atoms with Gasteiger partial charge in [0.15, 0.2) is 0 Å². The molecule has 2 N–H and O–H groups in total. The van der Waals surface area contributed by atoms with Crippen molar-refractivity contribution in [2.45, 2.75) is 53.1 Å². The van der Waals surface area contributed by atoms with Gasteiger partial charge in [0.2, 0.25) is 0 Å². The fourth-order valence-corrected chi connectivity index (χ4v) is 3.91. The Hall–Kier alpha value is -1.51. The molecule has 5 heteroatoms. The molecular formula is C17H24BNO3. The minimum atomic E-state index is -1.58. The third-order valence-corrected chi connectivity index (χ3v) is 4.23. The quantitative estimate of drug-likeness (QED) is 0.840. The highest BCUT2D eigenvalue weighted by Crippen LogP contribution is 2.46. The zero-order chi connectivity index (χ0) is 16.5. The molecule has 1 aromatic carbocycles. The van der Waals surface area contributed by atoms with Crippen molar-refractivity contribution in [2.24, 2.45) is 10.8 Å². The summed E-state index contributed by atoms with van der Waals surface area (Å²) in [6, 6.07) is 6.78. The third-order valence-electron chi connectivity index (χ3n) is 4.23. The van der Waals surface area contributed by atoms with E-state index in [4.69, 9.17) is 4.74 Å². The summed E-state index contributed by atoms with van der Waals surface area (Å²) in [6.07, 6.45) is 3.12. The van der Waals surface area contributed by atoms with Gasteiger partial charge in [0.05, 0.1) is 11.7 Å². The smallest absolute Gasteiger partial charge is 0.488 e. The van der Waals surface area contributed by atoms with Crippen molar-refractivity contribution in [3.8, 4) is 11.8 Å². The van der Waals surface area contributed by atoms with Crippen LogP contribution in [0.4, 0.5) is 0 Å². The van der Waals surface area contributed by atoms with Gasteiger partial charge in [0.25, 0.3) is 0 Å². The van der Waals surface area contributed by atoms with E-state index in [2.05, 4.69) is 33.8 Å². The predicted octanol–water partition coefficient (Wildman–Crippen LogP) is 2.22. The Balaban J connectivity index is 2.22. The van der Waals surface area contributed by atoms with Crippen molar-refractivity contribution in [2.75, 3.05) is 0 Å². The highest BCUT2D eigenvalue weighted by Gasteiger charge is 2.39. The van der Waals surface area contributed by atoms with E-state index >= 15 is 0 Å². The first kappa shape index (κ1) is 16.9. The van der Waals surface area contributed by atoms with Crippen LogP contribution in [0.25, 0.3) is 0 Å². The zero-order valence-corrected chi connectivity index (χ0v) is 13.8. The van der Waals surface area contributed by atoms with Crippen LogP contribution in [0, 0.1) is 22.2 Å². The summed E-state index contributed by atoms with van der Waals surface area (Å²) in [4.78, 5) is 0.